The molecule has 3 rings (SSSR count). The zero-order chi connectivity index (χ0) is 22.7. The Morgan fingerprint density at radius 3 is 2.42 bits per heavy atom. The smallest absolute Gasteiger partial charge is 0.337 e. The maximum atomic E-state index is 15.0. The number of carbonyl (C=O) groups is 2. The standard InChI is InChI=1S/C22H23F2IN2O4/c1-12-10-14(25)2-3-17(12)26-20-16(22(30)31)11-15(18(23)19(20)24)21(29)27-7-4-13(5-8-27)6-9-28/h2-3,10-11,13,26,28H,4-9H2,1H3,(H,30,31). The van der Waals surface area contributed by atoms with Gasteiger partial charge in [-0.3, -0.25) is 4.79 Å². The SMILES string of the molecule is Cc1cc(I)ccc1Nc1c(C(=O)O)cc(C(=O)N2CCC(CCO)CC2)c(F)c1F. The number of aliphatic hydroxyl groups is 1. The average molecular weight is 544 g/mol. The van der Waals surface area contributed by atoms with Crippen LogP contribution < -0.4 is 5.32 Å². The van der Waals surface area contributed by atoms with E-state index in [4.69, 9.17) is 5.11 Å². The van der Waals surface area contributed by atoms with Gasteiger partial charge in [0.15, 0.2) is 11.6 Å². The minimum Gasteiger partial charge on any atom is -0.478 e. The quantitative estimate of drug-likeness (QED) is 0.465. The van der Waals surface area contributed by atoms with Crippen LogP contribution in [0.3, 0.4) is 0 Å². The second-order valence-electron chi connectivity index (χ2n) is 7.61. The number of benzene rings is 2. The number of nitrogens with one attached hydrogen (secondary N) is 1. The lowest BCUT2D eigenvalue weighted by Crippen LogP contribution is -2.39. The van der Waals surface area contributed by atoms with Gasteiger partial charge < -0.3 is 20.4 Å². The number of aliphatic hydroxyl groups excluding tert-OH is 1. The van der Waals surface area contributed by atoms with Gasteiger partial charge in [0.1, 0.15) is 0 Å². The molecule has 0 atom stereocenters. The predicted molar refractivity (Wildman–Crippen MR) is 121 cm³/mol. The van der Waals surface area contributed by atoms with Crippen LogP contribution in [0.1, 0.15) is 45.5 Å². The Kier molecular flexibility index (Phi) is 7.47. The highest BCUT2D eigenvalue weighted by molar-refractivity contribution is 14.1. The van der Waals surface area contributed by atoms with Crippen LogP contribution in [0.5, 0.6) is 0 Å². The molecule has 0 spiro atoms. The lowest BCUT2D eigenvalue weighted by molar-refractivity contribution is 0.0672. The average Bonchev–Trinajstić information content (AvgIpc) is 2.73. The molecule has 9 heteroatoms. The minimum absolute atomic E-state index is 0.0644. The van der Waals surface area contributed by atoms with E-state index in [1.165, 1.54) is 4.90 Å². The zero-order valence-corrected chi connectivity index (χ0v) is 19.1. The van der Waals surface area contributed by atoms with E-state index in [1.807, 2.05) is 6.07 Å². The van der Waals surface area contributed by atoms with Crippen molar-refractivity contribution in [3.05, 3.63) is 56.2 Å². The Bertz CT molecular complexity index is 1010. The molecular formula is C22H23F2IN2O4. The fourth-order valence-electron chi connectivity index (χ4n) is 3.75. The third-order valence-corrected chi connectivity index (χ3v) is 6.23. The maximum absolute atomic E-state index is 15.0. The molecule has 0 aliphatic carbocycles. The number of carboxylic acid groups (broad SMARTS) is 1. The van der Waals surface area contributed by atoms with Gasteiger partial charge in [-0.05, 0) is 84.5 Å². The molecule has 1 heterocycles. The molecule has 1 aliphatic heterocycles. The fourth-order valence-corrected chi connectivity index (χ4v) is 4.40. The second-order valence-corrected chi connectivity index (χ2v) is 8.86. The van der Waals surface area contributed by atoms with Crippen molar-refractivity contribution < 1.29 is 28.6 Å². The summed E-state index contributed by atoms with van der Waals surface area (Å²) in [6, 6.07) is 6.11. The van der Waals surface area contributed by atoms with Crippen molar-refractivity contribution >= 4 is 45.8 Å². The molecule has 0 unspecified atom stereocenters. The molecule has 2 aromatic rings. The van der Waals surface area contributed by atoms with Crippen molar-refractivity contribution in [3.63, 3.8) is 0 Å². The van der Waals surface area contributed by atoms with E-state index in [0.29, 0.717) is 38.0 Å². The molecule has 1 aliphatic rings. The van der Waals surface area contributed by atoms with Crippen LogP contribution in [0.25, 0.3) is 0 Å². The van der Waals surface area contributed by atoms with E-state index in [-0.39, 0.29) is 12.5 Å². The summed E-state index contributed by atoms with van der Waals surface area (Å²) in [6.45, 7) is 2.51. The van der Waals surface area contributed by atoms with Gasteiger partial charge in [0.2, 0.25) is 0 Å². The fraction of sp³-hybridized carbons (Fsp3) is 0.364. The molecule has 0 radical (unpaired) electrons. The van der Waals surface area contributed by atoms with Crippen molar-refractivity contribution in [2.45, 2.75) is 26.2 Å². The Labute approximate surface area is 192 Å². The number of piperidine rings is 1. The third kappa shape index (κ3) is 5.15. The van der Waals surface area contributed by atoms with Crippen molar-refractivity contribution in [1.82, 2.24) is 4.90 Å². The normalized spacial score (nSPS) is 14.5. The molecule has 0 saturated carbocycles. The van der Waals surface area contributed by atoms with E-state index in [0.717, 1.165) is 15.2 Å². The third-order valence-electron chi connectivity index (χ3n) is 5.55. The van der Waals surface area contributed by atoms with E-state index in [1.54, 1.807) is 19.1 Å². The van der Waals surface area contributed by atoms with Crippen LogP contribution in [0.4, 0.5) is 20.2 Å². The Morgan fingerprint density at radius 1 is 1.16 bits per heavy atom. The highest BCUT2D eigenvalue weighted by Gasteiger charge is 2.30. The van der Waals surface area contributed by atoms with Gasteiger partial charge in [0.05, 0.1) is 16.8 Å². The summed E-state index contributed by atoms with van der Waals surface area (Å²) in [5.74, 6) is -4.72. The van der Waals surface area contributed by atoms with Gasteiger partial charge in [0.25, 0.3) is 5.91 Å². The van der Waals surface area contributed by atoms with Gasteiger partial charge in [-0.2, -0.15) is 0 Å². The van der Waals surface area contributed by atoms with Crippen LogP contribution in [-0.4, -0.2) is 46.7 Å². The molecule has 6 nitrogen and oxygen atoms in total. The van der Waals surface area contributed by atoms with E-state index < -0.39 is 40.3 Å². The summed E-state index contributed by atoms with van der Waals surface area (Å²) in [4.78, 5) is 26.0. The molecule has 0 aromatic heterocycles. The Hall–Kier alpha value is -2.27. The van der Waals surface area contributed by atoms with Crippen molar-refractivity contribution in [3.8, 4) is 0 Å². The number of aryl methyl sites for hydroxylation is 1. The summed E-state index contributed by atoms with van der Waals surface area (Å²) in [6.07, 6.45) is 1.92. The van der Waals surface area contributed by atoms with Crippen LogP contribution >= 0.6 is 22.6 Å². The van der Waals surface area contributed by atoms with Crippen LogP contribution in [0.2, 0.25) is 0 Å². The predicted octanol–water partition coefficient (Wildman–Crippen LogP) is 4.55. The van der Waals surface area contributed by atoms with Crippen molar-refractivity contribution in [1.29, 1.82) is 0 Å². The van der Waals surface area contributed by atoms with Crippen LogP contribution in [0, 0.1) is 28.0 Å². The highest BCUT2D eigenvalue weighted by Crippen LogP contribution is 2.32. The first-order valence-corrected chi connectivity index (χ1v) is 11.0. The number of aromatic carboxylic acids is 1. The van der Waals surface area contributed by atoms with Gasteiger partial charge >= 0.3 is 5.97 Å². The Balaban J connectivity index is 1.93. The largest absolute Gasteiger partial charge is 0.478 e. The molecule has 1 fully saturated rings. The number of anilines is 2. The number of nitrogens with zero attached hydrogens (tertiary/aromatic N) is 1. The number of hydrogen-bond acceptors (Lipinski definition) is 4. The number of halogens is 3. The summed E-state index contributed by atoms with van der Waals surface area (Å²) in [5.41, 5.74) is -0.469. The van der Waals surface area contributed by atoms with Gasteiger partial charge in [-0.1, -0.05) is 0 Å². The number of rotatable bonds is 6. The number of amides is 1. The zero-order valence-electron chi connectivity index (χ0n) is 16.9. The summed E-state index contributed by atoms with van der Waals surface area (Å²) < 4.78 is 30.8. The monoisotopic (exact) mass is 544 g/mol. The summed E-state index contributed by atoms with van der Waals surface area (Å²) >= 11 is 2.11. The Morgan fingerprint density at radius 2 is 1.84 bits per heavy atom. The summed E-state index contributed by atoms with van der Waals surface area (Å²) in [5, 5.41) is 21.3. The van der Waals surface area contributed by atoms with Gasteiger partial charge in [-0.15, -0.1) is 0 Å². The minimum atomic E-state index is -1.47. The molecule has 31 heavy (non-hydrogen) atoms. The topological polar surface area (TPSA) is 89.9 Å². The summed E-state index contributed by atoms with van der Waals surface area (Å²) in [7, 11) is 0. The molecular weight excluding hydrogens is 521 g/mol. The van der Waals surface area contributed by atoms with Crippen molar-refractivity contribution in [2.24, 2.45) is 5.92 Å². The van der Waals surface area contributed by atoms with E-state index in [9.17, 15) is 23.5 Å². The molecule has 1 saturated heterocycles. The van der Waals surface area contributed by atoms with Crippen LogP contribution in [-0.2, 0) is 0 Å². The molecule has 166 valence electrons. The lowest BCUT2D eigenvalue weighted by atomic mass is 9.93. The number of hydrogen-bond donors (Lipinski definition) is 3. The van der Waals surface area contributed by atoms with E-state index >= 15 is 0 Å². The molecule has 1 amide bonds. The van der Waals surface area contributed by atoms with Gasteiger partial charge in [0, 0.05) is 29.0 Å². The number of carbonyl (C=O) groups excluding carboxylic acids is 1. The highest BCUT2D eigenvalue weighted by atomic mass is 127. The number of carboxylic acids is 1. The molecule has 2 aromatic carbocycles. The van der Waals surface area contributed by atoms with Crippen molar-refractivity contribution in [2.75, 3.05) is 25.0 Å². The molecule has 0 bridgehead atoms. The molecule has 3 N–H and O–H groups in total. The second kappa shape index (κ2) is 9.90. The van der Waals surface area contributed by atoms with Gasteiger partial charge in [-0.25, -0.2) is 13.6 Å². The maximum Gasteiger partial charge on any atom is 0.337 e. The first kappa shape index (κ1) is 23.4. The van der Waals surface area contributed by atoms with E-state index in [2.05, 4.69) is 27.9 Å². The first-order chi connectivity index (χ1) is 14.7. The number of likely N-dealkylation sites (tertiary alicyclic amines) is 1. The first-order valence-electron chi connectivity index (χ1n) is 9.91. The lowest BCUT2D eigenvalue weighted by Gasteiger charge is -2.32. The van der Waals surface area contributed by atoms with Crippen LogP contribution in [0.15, 0.2) is 24.3 Å².